The molecule has 0 saturated carbocycles. The molecule has 1 aliphatic rings. The minimum atomic E-state index is -0.795. The summed E-state index contributed by atoms with van der Waals surface area (Å²) in [6.45, 7) is 3.70. The first-order chi connectivity index (χ1) is 10.1. The number of carbonyl (C=O) groups excluding carboxylic acids is 1. The first-order valence-electron chi connectivity index (χ1n) is 6.93. The molecular weight excluding hydrogens is 290 g/mol. The van der Waals surface area contributed by atoms with Crippen LogP contribution in [-0.4, -0.2) is 47.3 Å². The standard InChI is InChI=1S/C15H19NO4S/c1-2-20-12-3-5-13(6-4-12)21-10-14(17)16-8-11(9-16)7-15(18)19/h3-6,11H,2,7-10H2,1H3,(H,18,19). The van der Waals surface area contributed by atoms with E-state index >= 15 is 0 Å². The SMILES string of the molecule is CCOc1ccc(SCC(=O)N2CC(CC(=O)O)C2)cc1. The quantitative estimate of drug-likeness (QED) is 0.781. The van der Waals surface area contributed by atoms with Crippen LogP contribution in [0, 0.1) is 5.92 Å². The Bertz CT molecular complexity index is 497. The van der Waals surface area contributed by atoms with Crippen LogP contribution in [0.25, 0.3) is 0 Å². The van der Waals surface area contributed by atoms with Crippen molar-refractivity contribution in [3.05, 3.63) is 24.3 Å². The van der Waals surface area contributed by atoms with Gasteiger partial charge < -0.3 is 14.7 Å². The van der Waals surface area contributed by atoms with Gasteiger partial charge in [-0.2, -0.15) is 0 Å². The summed E-state index contributed by atoms with van der Waals surface area (Å²) in [4.78, 5) is 25.2. The van der Waals surface area contributed by atoms with Gasteiger partial charge in [-0.15, -0.1) is 11.8 Å². The minimum absolute atomic E-state index is 0.0653. The van der Waals surface area contributed by atoms with Crippen LogP contribution >= 0.6 is 11.8 Å². The number of benzene rings is 1. The topological polar surface area (TPSA) is 66.8 Å². The molecule has 0 spiro atoms. The van der Waals surface area contributed by atoms with Crippen LogP contribution in [0.15, 0.2) is 29.2 Å². The summed E-state index contributed by atoms with van der Waals surface area (Å²) in [5.74, 6) is 0.592. The minimum Gasteiger partial charge on any atom is -0.494 e. The molecule has 0 radical (unpaired) electrons. The molecule has 0 unspecified atom stereocenters. The maximum Gasteiger partial charge on any atom is 0.303 e. The van der Waals surface area contributed by atoms with E-state index in [0.717, 1.165) is 10.6 Å². The maximum atomic E-state index is 11.9. The normalized spacial score (nSPS) is 14.6. The number of likely N-dealkylation sites (tertiary alicyclic amines) is 1. The Morgan fingerprint density at radius 2 is 2.00 bits per heavy atom. The van der Waals surface area contributed by atoms with Gasteiger partial charge in [0, 0.05) is 23.9 Å². The molecule has 2 rings (SSSR count). The van der Waals surface area contributed by atoms with Gasteiger partial charge in [-0.1, -0.05) is 0 Å². The van der Waals surface area contributed by atoms with E-state index in [0.29, 0.717) is 25.4 Å². The lowest BCUT2D eigenvalue weighted by Crippen LogP contribution is -2.51. The van der Waals surface area contributed by atoms with Crippen molar-refractivity contribution in [2.75, 3.05) is 25.4 Å². The molecule has 114 valence electrons. The van der Waals surface area contributed by atoms with Gasteiger partial charge in [0.1, 0.15) is 5.75 Å². The lowest BCUT2D eigenvalue weighted by molar-refractivity contribution is -0.143. The van der Waals surface area contributed by atoms with Gasteiger partial charge in [0.25, 0.3) is 0 Å². The average molecular weight is 309 g/mol. The van der Waals surface area contributed by atoms with Crippen LogP contribution < -0.4 is 4.74 Å². The van der Waals surface area contributed by atoms with Crippen LogP contribution in [0.4, 0.5) is 0 Å². The van der Waals surface area contributed by atoms with E-state index < -0.39 is 5.97 Å². The molecule has 1 heterocycles. The molecule has 6 heteroatoms. The van der Waals surface area contributed by atoms with Crippen molar-refractivity contribution in [3.8, 4) is 5.75 Å². The predicted molar refractivity (Wildman–Crippen MR) is 80.7 cm³/mol. The molecule has 1 aliphatic heterocycles. The average Bonchev–Trinajstić information content (AvgIpc) is 2.41. The highest BCUT2D eigenvalue weighted by Gasteiger charge is 2.31. The number of amides is 1. The van der Waals surface area contributed by atoms with Gasteiger partial charge in [-0.25, -0.2) is 0 Å². The van der Waals surface area contributed by atoms with Crippen molar-refractivity contribution in [3.63, 3.8) is 0 Å². The second-order valence-electron chi connectivity index (χ2n) is 4.96. The van der Waals surface area contributed by atoms with E-state index in [1.54, 1.807) is 4.90 Å². The lowest BCUT2D eigenvalue weighted by atomic mass is 9.96. The van der Waals surface area contributed by atoms with E-state index in [9.17, 15) is 9.59 Å². The van der Waals surface area contributed by atoms with Crippen molar-refractivity contribution in [1.29, 1.82) is 0 Å². The molecular formula is C15H19NO4S. The fourth-order valence-electron chi connectivity index (χ4n) is 2.18. The van der Waals surface area contributed by atoms with Crippen molar-refractivity contribution >= 4 is 23.6 Å². The van der Waals surface area contributed by atoms with Crippen molar-refractivity contribution in [2.24, 2.45) is 5.92 Å². The zero-order valence-electron chi connectivity index (χ0n) is 11.9. The van der Waals surface area contributed by atoms with E-state index in [4.69, 9.17) is 9.84 Å². The Labute approximate surface area is 128 Å². The molecule has 1 fully saturated rings. The number of ether oxygens (including phenoxy) is 1. The van der Waals surface area contributed by atoms with E-state index in [-0.39, 0.29) is 18.2 Å². The smallest absolute Gasteiger partial charge is 0.303 e. The third-order valence-electron chi connectivity index (χ3n) is 3.27. The summed E-state index contributed by atoms with van der Waals surface area (Å²) in [5, 5.41) is 8.67. The molecule has 5 nitrogen and oxygen atoms in total. The lowest BCUT2D eigenvalue weighted by Gasteiger charge is -2.38. The molecule has 1 saturated heterocycles. The van der Waals surface area contributed by atoms with Crippen molar-refractivity contribution in [1.82, 2.24) is 4.90 Å². The molecule has 21 heavy (non-hydrogen) atoms. The van der Waals surface area contributed by atoms with Gasteiger partial charge in [0.15, 0.2) is 0 Å². The number of hydrogen-bond donors (Lipinski definition) is 1. The number of aliphatic carboxylic acids is 1. The van der Waals surface area contributed by atoms with Gasteiger partial charge in [0.2, 0.25) is 5.91 Å². The number of carboxylic acid groups (broad SMARTS) is 1. The Kier molecular flexibility index (Phi) is 5.50. The van der Waals surface area contributed by atoms with E-state index in [2.05, 4.69) is 0 Å². The number of carboxylic acids is 1. The first kappa shape index (κ1) is 15.7. The zero-order chi connectivity index (χ0) is 15.2. The number of hydrogen-bond acceptors (Lipinski definition) is 4. The van der Waals surface area contributed by atoms with Gasteiger partial charge in [0.05, 0.1) is 18.8 Å². The Morgan fingerprint density at radius 1 is 1.33 bits per heavy atom. The Morgan fingerprint density at radius 3 is 2.57 bits per heavy atom. The summed E-state index contributed by atoms with van der Waals surface area (Å²) < 4.78 is 5.36. The zero-order valence-corrected chi connectivity index (χ0v) is 12.8. The number of carbonyl (C=O) groups is 2. The molecule has 0 aromatic heterocycles. The van der Waals surface area contributed by atoms with E-state index in [1.165, 1.54) is 11.8 Å². The molecule has 1 N–H and O–H groups in total. The largest absolute Gasteiger partial charge is 0.494 e. The molecule has 1 aromatic rings. The second-order valence-corrected chi connectivity index (χ2v) is 6.00. The number of rotatable bonds is 7. The van der Waals surface area contributed by atoms with E-state index in [1.807, 2.05) is 31.2 Å². The fraction of sp³-hybridized carbons (Fsp3) is 0.467. The highest BCUT2D eigenvalue weighted by molar-refractivity contribution is 8.00. The summed E-state index contributed by atoms with van der Waals surface area (Å²) in [7, 11) is 0. The third-order valence-corrected chi connectivity index (χ3v) is 4.27. The molecule has 0 aliphatic carbocycles. The van der Waals surface area contributed by atoms with Crippen molar-refractivity contribution < 1.29 is 19.4 Å². The fourth-order valence-corrected chi connectivity index (χ4v) is 2.99. The van der Waals surface area contributed by atoms with Crippen molar-refractivity contribution in [2.45, 2.75) is 18.2 Å². The Hall–Kier alpha value is -1.69. The third kappa shape index (κ3) is 4.67. The number of nitrogens with zero attached hydrogens (tertiary/aromatic N) is 1. The molecule has 0 atom stereocenters. The van der Waals surface area contributed by atoms with Crippen LogP contribution in [0.3, 0.4) is 0 Å². The van der Waals surface area contributed by atoms with Gasteiger partial charge in [-0.3, -0.25) is 9.59 Å². The van der Waals surface area contributed by atoms with Crippen LogP contribution in [0.1, 0.15) is 13.3 Å². The second kappa shape index (κ2) is 7.36. The predicted octanol–water partition coefficient (Wildman–Crippen LogP) is 2.11. The first-order valence-corrected chi connectivity index (χ1v) is 7.92. The van der Waals surface area contributed by atoms with Crippen LogP contribution in [0.2, 0.25) is 0 Å². The van der Waals surface area contributed by atoms with Crippen LogP contribution in [0.5, 0.6) is 5.75 Å². The van der Waals surface area contributed by atoms with Gasteiger partial charge in [-0.05, 0) is 31.2 Å². The molecule has 0 bridgehead atoms. The van der Waals surface area contributed by atoms with Crippen LogP contribution in [-0.2, 0) is 9.59 Å². The Balaban J connectivity index is 1.71. The summed E-state index contributed by atoms with van der Waals surface area (Å²) in [6.07, 6.45) is 0.149. The highest BCUT2D eigenvalue weighted by Crippen LogP contribution is 2.24. The molecule has 1 amide bonds. The molecule has 1 aromatic carbocycles. The summed E-state index contributed by atoms with van der Waals surface area (Å²) in [5.41, 5.74) is 0. The highest BCUT2D eigenvalue weighted by atomic mass is 32.2. The summed E-state index contributed by atoms with van der Waals surface area (Å²) >= 11 is 1.48. The number of thioether (sulfide) groups is 1. The maximum absolute atomic E-state index is 11.9. The monoisotopic (exact) mass is 309 g/mol. The summed E-state index contributed by atoms with van der Waals surface area (Å²) in [6, 6.07) is 7.66. The van der Waals surface area contributed by atoms with Gasteiger partial charge >= 0.3 is 5.97 Å².